The largest absolute Gasteiger partial charge is 0.494 e. The molecule has 96 valence electrons. The molecule has 0 radical (unpaired) electrons. The predicted molar refractivity (Wildman–Crippen MR) is 71.4 cm³/mol. The highest BCUT2D eigenvalue weighted by molar-refractivity contribution is 7.89. The first kappa shape index (κ1) is 12.9. The normalized spacial score (nSPS) is 11.7. The van der Waals surface area contributed by atoms with Gasteiger partial charge in [-0.15, -0.1) is 0 Å². The van der Waals surface area contributed by atoms with Crippen LogP contribution in [-0.2, 0) is 10.0 Å². The third-order valence-corrected chi connectivity index (χ3v) is 4.16. The molecule has 2 aromatic carbocycles. The van der Waals surface area contributed by atoms with Crippen molar-refractivity contribution in [1.29, 1.82) is 0 Å². The van der Waals surface area contributed by atoms with E-state index in [-0.39, 0.29) is 4.90 Å². The van der Waals surface area contributed by atoms with E-state index in [9.17, 15) is 8.42 Å². The van der Waals surface area contributed by atoms with E-state index >= 15 is 0 Å². The molecule has 0 aliphatic carbocycles. The lowest BCUT2D eigenvalue weighted by Crippen LogP contribution is -2.18. The van der Waals surface area contributed by atoms with Gasteiger partial charge in [0, 0.05) is 5.39 Å². The number of nitrogens with one attached hydrogen (secondary N) is 1. The SMILES string of the molecule is CCOc1ccc2cccc(S(=O)(=O)NC)c2c1. The maximum atomic E-state index is 11.9. The third kappa shape index (κ3) is 2.32. The van der Waals surface area contributed by atoms with Crippen LogP contribution in [0.5, 0.6) is 5.75 Å². The summed E-state index contributed by atoms with van der Waals surface area (Å²) in [7, 11) is -2.06. The summed E-state index contributed by atoms with van der Waals surface area (Å²) in [6.45, 7) is 2.44. The predicted octanol–water partition coefficient (Wildman–Crippen LogP) is 2.15. The van der Waals surface area contributed by atoms with E-state index in [2.05, 4.69) is 4.72 Å². The van der Waals surface area contributed by atoms with Gasteiger partial charge in [0.1, 0.15) is 5.75 Å². The van der Waals surface area contributed by atoms with Crippen LogP contribution in [0.2, 0.25) is 0 Å². The van der Waals surface area contributed by atoms with Gasteiger partial charge in [0.05, 0.1) is 11.5 Å². The molecule has 18 heavy (non-hydrogen) atoms. The van der Waals surface area contributed by atoms with Crippen LogP contribution in [0.15, 0.2) is 41.3 Å². The standard InChI is InChI=1S/C13H15NO3S/c1-3-17-11-8-7-10-5-4-6-13(12(10)9-11)18(15,16)14-2/h4-9,14H,3H2,1-2H3. The quantitative estimate of drug-likeness (QED) is 0.921. The average molecular weight is 265 g/mol. The summed E-state index contributed by atoms with van der Waals surface area (Å²) in [5, 5.41) is 1.53. The van der Waals surface area contributed by atoms with Gasteiger partial charge in [0.2, 0.25) is 10.0 Å². The van der Waals surface area contributed by atoms with Crippen LogP contribution in [-0.4, -0.2) is 22.1 Å². The van der Waals surface area contributed by atoms with Crippen LogP contribution in [0, 0.1) is 0 Å². The minimum absolute atomic E-state index is 0.268. The number of fused-ring (bicyclic) bond motifs is 1. The zero-order valence-corrected chi connectivity index (χ0v) is 11.1. The van der Waals surface area contributed by atoms with Crippen molar-refractivity contribution in [1.82, 2.24) is 4.72 Å². The molecule has 2 rings (SSSR count). The number of rotatable bonds is 4. The van der Waals surface area contributed by atoms with Crippen LogP contribution in [0.3, 0.4) is 0 Å². The molecule has 0 spiro atoms. The average Bonchev–Trinajstić information content (AvgIpc) is 2.38. The zero-order valence-electron chi connectivity index (χ0n) is 10.3. The van der Waals surface area contributed by atoms with Crippen LogP contribution in [0.4, 0.5) is 0 Å². The monoisotopic (exact) mass is 265 g/mol. The second-order valence-electron chi connectivity index (χ2n) is 3.78. The smallest absolute Gasteiger partial charge is 0.240 e. The molecule has 0 aromatic heterocycles. The maximum absolute atomic E-state index is 11.9. The van der Waals surface area contributed by atoms with Crippen LogP contribution in [0.1, 0.15) is 6.92 Å². The van der Waals surface area contributed by atoms with E-state index in [0.29, 0.717) is 17.7 Å². The molecule has 0 saturated heterocycles. The Morgan fingerprint density at radius 3 is 2.67 bits per heavy atom. The molecule has 0 amide bonds. The van der Waals surface area contributed by atoms with E-state index in [1.807, 2.05) is 25.1 Å². The topological polar surface area (TPSA) is 55.4 Å². The van der Waals surface area contributed by atoms with Gasteiger partial charge in [-0.2, -0.15) is 0 Å². The lowest BCUT2D eigenvalue weighted by molar-refractivity contribution is 0.340. The van der Waals surface area contributed by atoms with Crippen molar-refractivity contribution in [2.75, 3.05) is 13.7 Å². The summed E-state index contributed by atoms with van der Waals surface area (Å²) in [6.07, 6.45) is 0. The number of hydrogen-bond acceptors (Lipinski definition) is 3. The van der Waals surface area contributed by atoms with Gasteiger partial charge in [-0.25, -0.2) is 13.1 Å². The fraction of sp³-hybridized carbons (Fsp3) is 0.231. The van der Waals surface area contributed by atoms with Gasteiger partial charge in [0.15, 0.2) is 0 Å². The summed E-state index contributed by atoms with van der Waals surface area (Å²) in [5.41, 5.74) is 0. The van der Waals surface area contributed by atoms with E-state index < -0.39 is 10.0 Å². The molecule has 0 aliphatic rings. The van der Waals surface area contributed by atoms with Crippen molar-refractivity contribution in [2.45, 2.75) is 11.8 Å². The Hall–Kier alpha value is -1.59. The summed E-state index contributed by atoms with van der Waals surface area (Å²) < 4.78 is 31.6. The van der Waals surface area contributed by atoms with Crippen LogP contribution < -0.4 is 9.46 Å². The third-order valence-electron chi connectivity index (χ3n) is 2.68. The molecule has 4 nitrogen and oxygen atoms in total. The Balaban J connectivity index is 2.70. The fourth-order valence-electron chi connectivity index (χ4n) is 1.82. The van der Waals surface area contributed by atoms with Crippen molar-refractivity contribution in [2.24, 2.45) is 0 Å². The molecular weight excluding hydrogens is 250 g/mol. The summed E-state index contributed by atoms with van der Waals surface area (Å²) in [5.74, 6) is 0.670. The van der Waals surface area contributed by atoms with Crippen molar-refractivity contribution in [3.8, 4) is 5.75 Å². The first-order chi connectivity index (χ1) is 8.58. The highest BCUT2D eigenvalue weighted by Gasteiger charge is 2.15. The van der Waals surface area contributed by atoms with Gasteiger partial charge >= 0.3 is 0 Å². The van der Waals surface area contributed by atoms with Gasteiger partial charge in [-0.1, -0.05) is 18.2 Å². The lowest BCUT2D eigenvalue weighted by Gasteiger charge is -2.09. The molecule has 2 aromatic rings. The van der Waals surface area contributed by atoms with Gasteiger partial charge in [-0.05, 0) is 37.6 Å². The minimum Gasteiger partial charge on any atom is -0.494 e. The molecule has 1 N–H and O–H groups in total. The van der Waals surface area contributed by atoms with E-state index in [4.69, 9.17) is 4.74 Å². The molecule has 0 fully saturated rings. The van der Waals surface area contributed by atoms with Gasteiger partial charge < -0.3 is 4.74 Å². The highest BCUT2D eigenvalue weighted by Crippen LogP contribution is 2.26. The molecular formula is C13H15NO3S. The summed E-state index contributed by atoms with van der Waals surface area (Å²) >= 11 is 0. The fourth-order valence-corrected chi connectivity index (χ4v) is 2.77. The summed E-state index contributed by atoms with van der Waals surface area (Å²) in [6, 6.07) is 10.6. The molecule has 0 bridgehead atoms. The molecule has 0 heterocycles. The molecule has 0 saturated carbocycles. The second kappa shape index (κ2) is 4.96. The van der Waals surface area contributed by atoms with Gasteiger partial charge in [0.25, 0.3) is 0 Å². The van der Waals surface area contributed by atoms with E-state index in [1.165, 1.54) is 7.05 Å². The molecule has 5 heteroatoms. The summed E-state index contributed by atoms with van der Waals surface area (Å²) in [4.78, 5) is 0.268. The molecule has 0 atom stereocenters. The number of hydrogen-bond donors (Lipinski definition) is 1. The maximum Gasteiger partial charge on any atom is 0.240 e. The minimum atomic E-state index is -3.46. The second-order valence-corrected chi connectivity index (χ2v) is 5.63. The first-order valence-electron chi connectivity index (χ1n) is 5.67. The number of benzene rings is 2. The Bertz CT molecular complexity index is 665. The Morgan fingerprint density at radius 1 is 1.22 bits per heavy atom. The highest BCUT2D eigenvalue weighted by atomic mass is 32.2. The molecule has 0 unspecified atom stereocenters. The molecule has 0 aliphatic heterocycles. The number of sulfonamides is 1. The Kier molecular flexibility index (Phi) is 3.54. The lowest BCUT2D eigenvalue weighted by atomic mass is 10.1. The van der Waals surface area contributed by atoms with E-state index in [0.717, 1.165) is 5.39 Å². The van der Waals surface area contributed by atoms with Crippen LogP contribution in [0.25, 0.3) is 10.8 Å². The van der Waals surface area contributed by atoms with Crippen molar-refractivity contribution in [3.05, 3.63) is 36.4 Å². The Labute approximate surface area is 107 Å². The zero-order chi connectivity index (χ0) is 13.2. The number of ether oxygens (including phenoxy) is 1. The van der Waals surface area contributed by atoms with Crippen molar-refractivity contribution >= 4 is 20.8 Å². The van der Waals surface area contributed by atoms with Crippen molar-refractivity contribution in [3.63, 3.8) is 0 Å². The Morgan fingerprint density at radius 2 is 2.00 bits per heavy atom. The first-order valence-corrected chi connectivity index (χ1v) is 7.16. The van der Waals surface area contributed by atoms with Crippen molar-refractivity contribution < 1.29 is 13.2 Å². The van der Waals surface area contributed by atoms with Crippen LogP contribution >= 0.6 is 0 Å². The van der Waals surface area contributed by atoms with Gasteiger partial charge in [-0.3, -0.25) is 0 Å². The van der Waals surface area contributed by atoms with E-state index in [1.54, 1.807) is 18.2 Å².